The first kappa shape index (κ1) is 15.2. The molecule has 0 saturated carbocycles. The highest BCUT2D eigenvalue weighted by Gasteiger charge is 2.21. The third-order valence-electron chi connectivity index (χ3n) is 4.45. The molecule has 0 amide bonds. The highest BCUT2D eigenvalue weighted by molar-refractivity contribution is 5.85. The molecule has 24 heavy (non-hydrogen) atoms. The minimum atomic E-state index is 0.108. The van der Waals surface area contributed by atoms with Crippen molar-refractivity contribution in [1.29, 1.82) is 0 Å². The fraction of sp³-hybridized carbons (Fsp3) is 0.300. The van der Waals surface area contributed by atoms with E-state index in [0.29, 0.717) is 6.61 Å². The van der Waals surface area contributed by atoms with Crippen LogP contribution in [0.3, 0.4) is 0 Å². The van der Waals surface area contributed by atoms with Crippen molar-refractivity contribution in [2.45, 2.75) is 12.6 Å². The number of aromatic nitrogens is 1. The Morgan fingerprint density at radius 3 is 2.92 bits per heavy atom. The Morgan fingerprint density at radius 1 is 1.08 bits per heavy atom. The van der Waals surface area contributed by atoms with E-state index in [-0.39, 0.29) is 6.10 Å². The lowest BCUT2D eigenvalue weighted by Gasteiger charge is -2.32. The van der Waals surface area contributed by atoms with Crippen LogP contribution in [-0.4, -0.2) is 42.3 Å². The fourth-order valence-electron chi connectivity index (χ4n) is 3.23. The molecule has 1 fully saturated rings. The van der Waals surface area contributed by atoms with Gasteiger partial charge in [-0.15, -0.1) is 0 Å². The quantitative estimate of drug-likeness (QED) is 0.782. The molecule has 0 bridgehead atoms. The Balaban J connectivity index is 1.36. The molecular formula is C20H22N2O2. The largest absolute Gasteiger partial charge is 0.490 e. The van der Waals surface area contributed by atoms with Gasteiger partial charge in [-0.3, -0.25) is 4.90 Å². The molecule has 3 aromatic rings. The summed E-state index contributed by atoms with van der Waals surface area (Å²) in [6.45, 7) is 4.18. The second-order valence-corrected chi connectivity index (χ2v) is 6.22. The Labute approximate surface area is 142 Å². The number of ether oxygens (including phenoxy) is 2. The summed E-state index contributed by atoms with van der Waals surface area (Å²) in [5.41, 5.74) is 2.44. The maximum absolute atomic E-state index is 6.04. The molecular weight excluding hydrogens is 300 g/mol. The molecule has 2 aromatic carbocycles. The molecule has 1 aromatic heterocycles. The van der Waals surface area contributed by atoms with E-state index >= 15 is 0 Å². The van der Waals surface area contributed by atoms with E-state index in [4.69, 9.17) is 9.47 Å². The molecule has 0 aliphatic carbocycles. The predicted octanol–water partition coefficient (Wildman–Crippen LogP) is 3.45. The van der Waals surface area contributed by atoms with Crippen LogP contribution in [0, 0.1) is 0 Å². The van der Waals surface area contributed by atoms with Gasteiger partial charge in [-0.2, -0.15) is 0 Å². The molecule has 1 atom stereocenters. The van der Waals surface area contributed by atoms with Gasteiger partial charge in [0.15, 0.2) is 0 Å². The highest BCUT2D eigenvalue weighted by atomic mass is 16.5. The number of hydrogen-bond acceptors (Lipinski definition) is 3. The number of H-pyrrole nitrogens is 1. The summed E-state index contributed by atoms with van der Waals surface area (Å²) in [5.74, 6) is 0.914. The first-order chi connectivity index (χ1) is 11.9. The van der Waals surface area contributed by atoms with Gasteiger partial charge in [-0.25, -0.2) is 0 Å². The Kier molecular flexibility index (Phi) is 4.49. The van der Waals surface area contributed by atoms with Crippen LogP contribution in [0.4, 0.5) is 0 Å². The molecule has 1 unspecified atom stereocenters. The van der Waals surface area contributed by atoms with Crippen molar-refractivity contribution in [3.05, 3.63) is 66.4 Å². The second-order valence-electron chi connectivity index (χ2n) is 6.22. The summed E-state index contributed by atoms with van der Waals surface area (Å²) in [5, 5.41) is 1.12. The van der Waals surface area contributed by atoms with Crippen LogP contribution in [0.1, 0.15) is 5.56 Å². The third kappa shape index (κ3) is 3.45. The Hall–Kier alpha value is -2.30. The summed E-state index contributed by atoms with van der Waals surface area (Å²) < 4.78 is 11.9. The van der Waals surface area contributed by atoms with Gasteiger partial charge in [0.2, 0.25) is 0 Å². The van der Waals surface area contributed by atoms with Crippen LogP contribution in [0.5, 0.6) is 5.75 Å². The van der Waals surface area contributed by atoms with E-state index in [2.05, 4.69) is 46.3 Å². The first-order valence-electron chi connectivity index (χ1n) is 8.45. The smallest absolute Gasteiger partial charge is 0.128 e. The lowest BCUT2D eigenvalue weighted by molar-refractivity contribution is -0.0502. The van der Waals surface area contributed by atoms with Crippen molar-refractivity contribution in [2.24, 2.45) is 0 Å². The van der Waals surface area contributed by atoms with Crippen LogP contribution in [-0.2, 0) is 11.3 Å². The summed E-state index contributed by atoms with van der Waals surface area (Å²) in [6, 6.07) is 18.7. The zero-order valence-corrected chi connectivity index (χ0v) is 13.7. The molecule has 1 N–H and O–H groups in total. The van der Waals surface area contributed by atoms with Gasteiger partial charge in [0.05, 0.1) is 6.61 Å². The van der Waals surface area contributed by atoms with Gasteiger partial charge in [0.1, 0.15) is 18.5 Å². The molecule has 4 rings (SSSR count). The van der Waals surface area contributed by atoms with Crippen molar-refractivity contribution in [3.8, 4) is 5.75 Å². The number of hydrogen-bond donors (Lipinski definition) is 1. The van der Waals surface area contributed by atoms with E-state index in [1.54, 1.807) is 0 Å². The standard InChI is InChI=1S/C20H22N2O2/c1-2-5-16(6-3-1)13-22-11-12-23-17(14-22)15-24-20-8-4-7-19-18(20)9-10-21-19/h1-10,17,21H,11-15H2. The summed E-state index contributed by atoms with van der Waals surface area (Å²) in [4.78, 5) is 5.65. The van der Waals surface area contributed by atoms with Crippen molar-refractivity contribution < 1.29 is 9.47 Å². The van der Waals surface area contributed by atoms with E-state index in [1.165, 1.54) is 5.56 Å². The number of aromatic amines is 1. The van der Waals surface area contributed by atoms with Gasteiger partial charge < -0.3 is 14.5 Å². The average Bonchev–Trinajstić information content (AvgIpc) is 3.10. The van der Waals surface area contributed by atoms with Gasteiger partial charge in [-0.1, -0.05) is 36.4 Å². The molecule has 4 nitrogen and oxygen atoms in total. The number of benzene rings is 2. The second kappa shape index (κ2) is 7.07. The monoisotopic (exact) mass is 322 g/mol. The van der Waals surface area contributed by atoms with Gasteiger partial charge in [0.25, 0.3) is 0 Å². The SMILES string of the molecule is c1ccc(CN2CCOC(COc3cccc4[nH]ccc34)C2)cc1. The van der Waals surface area contributed by atoms with Crippen molar-refractivity contribution in [2.75, 3.05) is 26.3 Å². The minimum Gasteiger partial charge on any atom is -0.490 e. The van der Waals surface area contributed by atoms with E-state index in [1.807, 2.05) is 24.4 Å². The maximum Gasteiger partial charge on any atom is 0.128 e. The number of morpholine rings is 1. The van der Waals surface area contributed by atoms with Crippen LogP contribution in [0.2, 0.25) is 0 Å². The summed E-state index contributed by atoms with van der Waals surface area (Å²) in [6.07, 6.45) is 2.05. The van der Waals surface area contributed by atoms with Crippen molar-refractivity contribution in [3.63, 3.8) is 0 Å². The van der Waals surface area contributed by atoms with Crippen LogP contribution in [0.25, 0.3) is 10.9 Å². The number of nitrogens with zero attached hydrogens (tertiary/aromatic N) is 1. The van der Waals surface area contributed by atoms with Gasteiger partial charge in [0, 0.05) is 36.7 Å². The summed E-state index contributed by atoms with van der Waals surface area (Å²) >= 11 is 0. The lowest BCUT2D eigenvalue weighted by Crippen LogP contribution is -2.44. The predicted molar refractivity (Wildman–Crippen MR) is 95.3 cm³/mol. The molecule has 2 heterocycles. The van der Waals surface area contributed by atoms with E-state index < -0.39 is 0 Å². The highest BCUT2D eigenvalue weighted by Crippen LogP contribution is 2.25. The fourth-order valence-corrected chi connectivity index (χ4v) is 3.23. The average molecular weight is 322 g/mol. The molecule has 0 spiro atoms. The maximum atomic E-state index is 6.04. The van der Waals surface area contributed by atoms with Crippen molar-refractivity contribution >= 4 is 10.9 Å². The van der Waals surface area contributed by atoms with E-state index in [0.717, 1.165) is 42.9 Å². The number of fused-ring (bicyclic) bond motifs is 1. The topological polar surface area (TPSA) is 37.5 Å². The van der Waals surface area contributed by atoms with Gasteiger partial charge in [-0.05, 0) is 23.8 Å². The Bertz CT molecular complexity index is 784. The molecule has 1 aliphatic heterocycles. The van der Waals surface area contributed by atoms with Crippen LogP contribution in [0.15, 0.2) is 60.8 Å². The molecule has 0 radical (unpaired) electrons. The van der Waals surface area contributed by atoms with Crippen LogP contribution >= 0.6 is 0 Å². The van der Waals surface area contributed by atoms with E-state index in [9.17, 15) is 0 Å². The molecule has 4 heteroatoms. The minimum absolute atomic E-state index is 0.108. The third-order valence-corrected chi connectivity index (χ3v) is 4.45. The molecule has 1 saturated heterocycles. The van der Waals surface area contributed by atoms with Crippen LogP contribution < -0.4 is 4.74 Å². The number of nitrogens with one attached hydrogen (secondary N) is 1. The molecule has 1 aliphatic rings. The van der Waals surface area contributed by atoms with Gasteiger partial charge >= 0.3 is 0 Å². The first-order valence-corrected chi connectivity index (χ1v) is 8.45. The molecule has 124 valence electrons. The zero-order valence-electron chi connectivity index (χ0n) is 13.7. The lowest BCUT2D eigenvalue weighted by atomic mass is 10.2. The van der Waals surface area contributed by atoms with Crippen molar-refractivity contribution in [1.82, 2.24) is 9.88 Å². The zero-order chi connectivity index (χ0) is 16.2. The Morgan fingerprint density at radius 2 is 2.00 bits per heavy atom. The normalized spacial score (nSPS) is 18.8. The number of rotatable bonds is 5. The summed E-state index contributed by atoms with van der Waals surface area (Å²) in [7, 11) is 0.